The lowest BCUT2D eigenvalue weighted by Gasteiger charge is -2.27. The molecule has 5 heteroatoms. The Morgan fingerprint density at radius 2 is 1.96 bits per heavy atom. The second-order valence-electron chi connectivity index (χ2n) is 6.42. The Hall–Kier alpha value is -2.27. The summed E-state index contributed by atoms with van der Waals surface area (Å²) in [6.45, 7) is 6.07. The molecule has 1 aliphatic rings. The molecule has 2 aromatic carbocycles. The maximum atomic E-state index is 12.9. The number of rotatable bonds is 3. The number of hydrogen-bond donors (Lipinski definition) is 1. The van der Waals surface area contributed by atoms with Crippen molar-refractivity contribution in [2.75, 3.05) is 16.0 Å². The van der Waals surface area contributed by atoms with Crippen LogP contribution in [0, 0.1) is 13.8 Å². The average molecular weight is 354 g/mol. The van der Waals surface area contributed by atoms with Crippen LogP contribution in [0.4, 0.5) is 11.4 Å². The lowest BCUT2D eigenvalue weighted by molar-refractivity contribution is -0.117. The van der Waals surface area contributed by atoms with Gasteiger partial charge in [-0.2, -0.15) is 0 Å². The molecule has 0 aromatic heterocycles. The zero-order valence-corrected chi connectivity index (χ0v) is 15.5. The summed E-state index contributed by atoms with van der Waals surface area (Å²) in [5.41, 5.74) is 3.93. The number of anilines is 2. The number of benzene rings is 2. The molecular weight excluding hydrogens is 332 g/mol. The standard InChI is InChI=1S/C20H22N2O2S/c1-13-8-9-16(10-14(13)2)25-12-20(24)22-15(3)11-19(23)21-17-6-4-5-7-18(17)22/h4-10,15H,11-12H2,1-3H3,(H,21,23)/t15-/m1/s1. The molecule has 0 aliphatic carbocycles. The maximum absolute atomic E-state index is 12.9. The average Bonchev–Trinajstić information content (AvgIpc) is 2.70. The van der Waals surface area contributed by atoms with E-state index in [1.54, 1.807) is 4.90 Å². The molecule has 0 bridgehead atoms. The molecule has 0 saturated carbocycles. The summed E-state index contributed by atoms with van der Waals surface area (Å²) in [7, 11) is 0. The van der Waals surface area contributed by atoms with E-state index >= 15 is 0 Å². The van der Waals surface area contributed by atoms with Crippen LogP contribution in [0.3, 0.4) is 0 Å². The van der Waals surface area contributed by atoms with Crippen LogP contribution in [0.1, 0.15) is 24.5 Å². The number of amides is 2. The van der Waals surface area contributed by atoms with Crippen molar-refractivity contribution in [1.29, 1.82) is 0 Å². The summed E-state index contributed by atoms with van der Waals surface area (Å²) in [5, 5.41) is 2.89. The molecule has 4 nitrogen and oxygen atoms in total. The number of fused-ring (bicyclic) bond motifs is 1. The summed E-state index contributed by atoms with van der Waals surface area (Å²) in [6, 6.07) is 13.5. The van der Waals surface area contributed by atoms with Gasteiger partial charge in [0.05, 0.1) is 17.1 Å². The Morgan fingerprint density at radius 1 is 1.20 bits per heavy atom. The first kappa shape index (κ1) is 17.5. The van der Waals surface area contributed by atoms with Crippen molar-refractivity contribution < 1.29 is 9.59 Å². The molecule has 2 aromatic rings. The van der Waals surface area contributed by atoms with Gasteiger partial charge in [0.2, 0.25) is 11.8 Å². The number of nitrogens with zero attached hydrogens (tertiary/aromatic N) is 1. The normalized spacial score (nSPS) is 16.8. The number of para-hydroxylation sites is 2. The molecule has 25 heavy (non-hydrogen) atoms. The van der Waals surface area contributed by atoms with E-state index in [-0.39, 0.29) is 17.9 Å². The van der Waals surface area contributed by atoms with Crippen molar-refractivity contribution in [3.63, 3.8) is 0 Å². The topological polar surface area (TPSA) is 49.4 Å². The highest BCUT2D eigenvalue weighted by Gasteiger charge is 2.29. The van der Waals surface area contributed by atoms with Gasteiger partial charge in [-0.05, 0) is 56.2 Å². The first-order valence-electron chi connectivity index (χ1n) is 8.36. The Labute approximate surface area is 152 Å². The molecule has 1 atom stereocenters. The molecule has 3 rings (SSSR count). The van der Waals surface area contributed by atoms with Crippen molar-refractivity contribution in [3.05, 3.63) is 53.6 Å². The quantitative estimate of drug-likeness (QED) is 0.842. The summed E-state index contributed by atoms with van der Waals surface area (Å²) in [5.74, 6) is 0.298. The molecule has 1 N–H and O–H groups in total. The van der Waals surface area contributed by atoms with Crippen LogP contribution in [0.15, 0.2) is 47.4 Å². The molecule has 0 radical (unpaired) electrons. The van der Waals surface area contributed by atoms with Crippen LogP contribution in [0.25, 0.3) is 0 Å². The van der Waals surface area contributed by atoms with Crippen LogP contribution >= 0.6 is 11.8 Å². The molecular formula is C20H22N2O2S. The minimum Gasteiger partial charge on any atom is -0.324 e. The zero-order chi connectivity index (χ0) is 18.0. The van der Waals surface area contributed by atoms with Gasteiger partial charge in [0, 0.05) is 17.4 Å². The molecule has 1 aliphatic heterocycles. The third-order valence-corrected chi connectivity index (χ3v) is 5.45. The smallest absolute Gasteiger partial charge is 0.237 e. The number of thioether (sulfide) groups is 1. The predicted octanol–water partition coefficient (Wildman–Crippen LogP) is 4.16. The van der Waals surface area contributed by atoms with Gasteiger partial charge in [0.1, 0.15) is 0 Å². The van der Waals surface area contributed by atoms with Crippen molar-refractivity contribution in [3.8, 4) is 0 Å². The minimum atomic E-state index is -0.170. The highest BCUT2D eigenvalue weighted by molar-refractivity contribution is 8.00. The Balaban J connectivity index is 1.80. The highest BCUT2D eigenvalue weighted by atomic mass is 32.2. The van der Waals surface area contributed by atoms with Gasteiger partial charge in [0.25, 0.3) is 0 Å². The largest absolute Gasteiger partial charge is 0.324 e. The predicted molar refractivity (Wildman–Crippen MR) is 103 cm³/mol. The summed E-state index contributed by atoms with van der Waals surface area (Å²) in [4.78, 5) is 27.8. The fourth-order valence-corrected chi connectivity index (χ4v) is 3.84. The number of aryl methyl sites for hydroxylation is 2. The van der Waals surface area contributed by atoms with Gasteiger partial charge in [0.15, 0.2) is 0 Å². The number of hydrogen-bond acceptors (Lipinski definition) is 3. The summed E-state index contributed by atoms with van der Waals surface area (Å²) >= 11 is 1.53. The lowest BCUT2D eigenvalue weighted by Crippen LogP contribution is -2.40. The van der Waals surface area contributed by atoms with Crippen molar-refractivity contribution in [2.24, 2.45) is 0 Å². The Bertz CT molecular complexity index is 819. The number of carbonyl (C=O) groups is 2. The van der Waals surface area contributed by atoms with Crippen LogP contribution in [-0.2, 0) is 9.59 Å². The molecule has 2 amide bonds. The number of carbonyl (C=O) groups excluding carboxylic acids is 2. The molecule has 0 saturated heterocycles. The molecule has 0 unspecified atom stereocenters. The third kappa shape index (κ3) is 3.87. The van der Waals surface area contributed by atoms with E-state index in [2.05, 4.69) is 31.3 Å². The zero-order valence-electron chi connectivity index (χ0n) is 14.7. The van der Waals surface area contributed by atoms with E-state index in [0.717, 1.165) is 10.6 Å². The maximum Gasteiger partial charge on any atom is 0.237 e. The van der Waals surface area contributed by atoms with E-state index in [0.29, 0.717) is 17.9 Å². The Morgan fingerprint density at radius 3 is 2.72 bits per heavy atom. The molecule has 0 fully saturated rings. The SMILES string of the molecule is Cc1ccc(SCC(=O)N2c3ccccc3NC(=O)C[C@H]2C)cc1C. The Kier molecular flexibility index (Phi) is 5.13. The molecule has 0 spiro atoms. The number of nitrogens with one attached hydrogen (secondary N) is 1. The van der Waals surface area contributed by atoms with Crippen LogP contribution in [-0.4, -0.2) is 23.6 Å². The van der Waals surface area contributed by atoms with E-state index < -0.39 is 0 Å². The summed E-state index contributed by atoms with van der Waals surface area (Å²) in [6.07, 6.45) is 0.300. The fraction of sp³-hybridized carbons (Fsp3) is 0.300. The van der Waals surface area contributed by atoms with Crippen LogP contribution < -0.4 is 10.2 Å². The van der Waals surface area contributed by atoms with E-state index in [4.69, 9.17) is 0 Å². The first-order chi connectivity index (χ1) is 12.0. The highest BCUT2D eigenvalue weighted by Crippen LogP contribution is 2.32. The third-order valence-electron chi connectivity index (χ3n) is 4.47. The van der Waals surface area contributed by atoms with Crippen molar-refractivity contribution in [1.82, 2.24) is 0 Å². The first-order valence-corrected chi connectivity index (χ1v) is 9.35. The van der Waals surface area contributed by atoms with E-state index in [9.17, 15) is 9.59 Å². The minimum absolute atomic E-state index is 0.0136. The summed E-state index contributed by atoms with van der Waals surface area (Å²) < 4.78 is 0. The second-order valence-corrected chi connectivity index (χ2v) is 7.47. The van der Waals surface area contributed by atoms with Crippen LogP contribution in [0.5, 0.6) is 0 Å². The van der Waals surface area contributed by atoms with Gasteiger partial charge in [-0.3, -0.25) is 9.59 Å². The fourth-order valence-electron chi connectivity index (χ4n) is 2.99. The monoisotopic (exact) mass is 354 g/mol. The van der Waals surface area contributed by atoms with Gasteiger partial charge in [-0.25, -0.2) is 0 Å². The lowest BCUT2D eigenvalue weighted by atomic mass is 10.1. The second kappa shape index (κ2) is 7.31. The van der Waals surface area contributed by atoms with Gasteiger partial charge in [-0.1, -0.05) is 18.2 Å². The van der Waals surface area contributed by atoms with E-state index in [1.807, 2.05) is 37.3 Å². The van der Waals surface area contributed by atoms with Gasteiger partial charge < -0.3 is 10.2 Å². The van der Waals surface area contributed by atoms with Crippen molar-refractivity contribution >= 4 is 35.0 Å². The van der Waals surface area contributed by atoms with Gasteiger partial charge >= 0.3 is 0 Å². The van der Waals surface area contributed by atoms with Crippen molar-refractivity contribution in [2.45, 2.75) is 38.1 Å². The molecule has 130 valence electrons. The van der Waals surface area contributed by atoms with E-state index in [1.165, 1.54) is 22.9 Å². The van der Waals surface area contributed by atoms with Gasteiger partial charge in [-0.15, -0.1) is 11.8 Å². The van der Waals surface area contributed by atoms with Crippen LogP contribution in [0.2, 0.25) is 0 Å². The molecule has 1 heterocycles.